The van der Waals surface area contributed by atoms with E-state index in [4.69, 9.17) is 4.74 Å². The van der Waals surface area contributed by atoms with Gasteiger partial charge in [-0.15, -0.1) is 0 Å². The molecular formula is C12H11FN2O. The monoisotopic (exact) mass is 218 g/mol. The van der Waals surface area contributed by atoms with Crippen molar-refractivity contribution in [1.29, 1.82) is 0 Å². The van der Waals surface area contributed by atoms with Crippen LogP contribution < -0.4 is 10.1 Å². The van der Waals surface area contributed by atoms with Crippen molar-refractivity contribution in [3.8, 4) is 11.6 Å². The molecule has 1 N–H and O–H groups in total. The Kier molecular flexibility index (Phi) is 3.00. The molecule has 1 aromatic carbocycles. The highest BCUT2D eigenvalue weighted by atomic mass is 19.1. The minimum atomic E-state index is -0.377. The number of benzene rings is 1. The van der Waals surface area contributed by atoms with Gasteiger partial charge in [-0.2, -0.15) is 0 Å². The number of nitrogens with one attached hydrogen (secondary N) is 1. The molecule has 0 atom stereocenters. The Morgan fingerprint density at radius 3 is 2.44 bits per heavy atom. The third-order valence-corrected chi connectivity index (χ3v) is 2.07. The normalized spacial score (nSPS) is 9.88. The van der Waals surface area contributed by atoms with E-state index in [1.54, 1.807) is 0 Å². The zero-order valence-corrected chi connectivity index (χ0v) is 8.77. The van der Waals surface area contributed by atoms with E-state index in [2.05, 4.69) is 10.3 Å². The molecule has 4 heteroatoms. The molecule has 0 unspecified atom stereocenters. The van der Waals surface area contributed by atoms with Gasteiger partial charge in [0.25, 0.3) is 0 Å². The van der Waals surface area contributed by atoms with Crippen molar-refractivity contribution in [3.05, 3.63) is 48.4 Å². The minimum Gasteiger partial charge on any atom is -0.439 e. The number of nitrogens with zero attached hydrogens (tertiary/aromatic N) is 1. The first-order valence-electron chi connectivity index (χ1n) is 4.85. The Balaban J connectivity index is 2.11. The number of hydrogen-bond donors (Lipinski definition) is 1. The van der Waals surface area contributed by atoms with Crippen LogP contribution in [0, 0.1) is 5.82 Å². The summed E-state index contributed by atoms with van der Waals surface area (Å²) in [5.41, 5.74) is 0.999. The molecule has 2 aromatic rings. The van der Waals surface area contributed by atoms with E-state index in [1.807, 2.05) is 31.3 Å². The van der Waals surface area contributed by atoms with Crippen molar-refractivity contribution < 1.29 is 9.13 Å². The second kappa shape index (κ2) is 4.61. The van der Waals surface area contributed by atoms with E-state index < -0.39 is 0 Å². The van der Waals surface area contributed by atoms with Crippen LogP contribution in [0.1, 0.15) is 0 Å². The number of ether oxygens (including phenoxy) is 1. The van der Waals surface area contributed by atoms with Crippen molar-refractivity contribution in [3.63, 3.8) is 0 Å². The lowest BCUT2D eigenvalue weighted by atomic mass is 10.3. The van der Waals surface area contributed by atoms with Gasteiger partial charge in [-0.25, -0.2) is 9.37 Å². The molecule has 1 heterocycles. The molecule has 0 spiro atoms. The van der Waals surface area contributed by atoms with Gasteiger partial charge in [0.05, 0.1) is 6.20 Å². The predicted molar refractivity (Wildman–Crippen MR) is 60.3 cm³/mol. The van der Waals surface area contributed by atoms with E-state index >= 15 is 0 Å². The molecule has 0 radical (unpaired) electrons. The molecule has 3 nitrogen and oxygen atoms in total. The van der Waals surface area contributed by atoms with E-state index in [0.717, 1.165) is 11.9 Å². The number of hydrogen-bond acceptors (Lipinski definition) is 3. The topological polar surface area (TPSA) is 34.1 Å². The Hall–Kier alpha value is -2.10. The molecule has 82 valence electrons. The first-order valence-corrected chi connectivity index (χ1v) is 4.85. The maximum Gasteiger partial charge on any atom is 0.219 e. The van der Waals surface area contributed by atoms with E-state index in [9.17, 15) is 4.39 Å². The van der Waals surface area contributed by atoms with Gasteiger partial charge in [0, 0.05) is 18.8 Å². The Morgan fingerprint density at radius 2 is 1.88 bits per heavy atom. The van der Waals surface area contributed by atoms with E-state index in [-0.39, 0.29) is 5.82 Å². The predicted octanol–water partition coefficient (Wildman–Crippen LogP) is 3.05. The molecule has 0 aliphatic rings. The summed E-state index contributed by atoms with van der Waals surface area (Å²) in [7, 11) is 1.84. The van der Waals surface area contributed by atoms with E-state index in [0.29, 0.717) is 11.6 Å². The standard InChI is InChI=1S/C12H11FN2O/c1-14-10-3-5-11(6-4-10)16-12-7-2-9(13)8-15-12/h2-8,14H,1H3. The number of halogens is 1. The summed E-state index contributed by atoms with van der Waals surface area (Å²) in [6.45, 7) is 0. The summed E-state index contributed by atoms with van der Waals surface area (Å²) in [6.07, 6.45) is 1.12. The van der Waals surface area contributed by atoms with Crippen LogP contribution in [-0.4, -0.2) is 12.0 Å². The highest BCUT2D eigenvalue weighted by Gasteiger charge is 1.98. The molecule has 0 saturated carbocycles. The quantitative estimate of drug-likeness (QED) is 0.859. The molecular weight excluding hydrogens is 207 g/mol. The average molecular weight is 218 g/mol. The Morgan fingerprint density at radius 1 is 1.12 bits per heavy atom. The molecule has 0 fully saturated rings. The average Bonchev–Trinajstić information content (AvgIpc) is 2.33. The Bertz CT molecular complexity index is 453. The van der Waals surface area contributed by atoms with Crippen LogP contribution in [0.4, 0.5) is 10.1 Å². The lowest BCUT2D eigenvalue weighted by molar-refractivity contribution is 0.459. The van der Waals surface area contributed by atoms with Gasteiger partial charge in [-0.05, 0) is 30.3 Å². The van der Waals surface area contributed by atoms with Crippen molar-refractivity contribution in [1.82, 2.24) is 4.98 Å². The van der Waals surface area contributed by atoms with Gasteiger partial charge in [0.1, 0.15) is 11.6 Å². The molecule has 16 heavy (non-hydrogen) atoms. The van der Waals surface area contributed by atoms with Crippen LogP contribution in [0.3, 0.4) is 0 Å². The summed E-state index contributed by atoms with van der Waals surface area (Å²) in [4.78, 5) is 3.80. The maximum absolute atomic E-state index is 12.6. The summed E-state index contributed by atoms with van der Waals surface area (Å²) >= 11 is 0. The number of pyridine rings is 1. The largest absolute Gasteiger partial charge is 0.439 e. The van der Waals surface area contributed by atoms with Crippen molar-refractivity contribution in [2.75, 3.05) is 12.4 Å². The summed E-state index contributed by atoms with van der Waals surface area (Å²) in [6, 6.07) is 10.2. The lowest BCUT2D eigenvalue weighted by Crippen LogP contribution is -1.90. The van der Waals surface area contributed by atoms with Gasteiger partial charge in [-0.1, -0.05) is 0 Å². The van der Waals surface area contributed by atoms with Crippen LogP contribution in [-0.2, 0) is 0 Å². The second-order valence-corrected chi connectivity index (χ2v) is 3.19. The van der Waals surface area contributed by atoms with Crippen LogP contribution in [0.25, 0.3) is 0 Å². The van der Waals surface area contributed by atoms with Crippen molar-refractivity contribution >= 4 is 5.69 Å². The van der Waals surface area contributed by atoms with Gasteiger partial charge >= 0.3 is 0 Å². The molecule has 1 aromatic heterocycles. The maximum atomic E-state index is 12.6. The minimum absolute atomic E-state index is 0.374. The number of aromatic nitrogens is 1. The van der Waals surface area contributed by atoms with Crippen molar-refractivity contribution in [2.24, 2.45) is 0 Å². The van der Waals surface area contributed by atoms with Crippen LogP contribution >= 0.6 is 0 Å². The van der Waals surface area contributed by atoms with Gasteiger partial charge < -0.3 is 10.1 Å². The van der Waals surface area contributed by atoms with E-state index in [1.165, 1.54) is 12.1 Å². The summed E-state index contributed by atoms with van der Waals surface area (Å²) < 4.78 is 18.0. The molecule has 0 bridgehead atoms. The van der Waals surface area contributed by atoms with Crippen LogP contribution in [0.15, 0.2) is 42.6 Å². The summed E-state index contributed by atoms with van der Waals surface area (Å²) in [5.74, 6) is 0.662. The van der Waals surface area contributed by atoms with Crippen molar-refractivity contribution in [2.45, 2.75) is 0 Å². The first-order chi connectivity index (χ1) is 7.78. The summed E-state index contributed by atoms with van der Waals surface area (Å²) in [5, 5.41) is 3.00. The second-order valence-electron chi connectivity index (χ2n) is 3.19. The fourth-order valence-corrected chi connectivity index (χ4v) is 1.23. The Labute approximate surface area is 92.9 Å². The van der Waals surface area contributed by atoms with Crippen LogP contribution in [0.2, 0.25) is 0 Å². The fraction of sp³-hybridized carbons (Fsp3) is 0.0833. The SMILES string of the molecule is CNc1ccc(Oc2ccc(F)cn2)cc1. The number of rotatable bonds is 3. The molecule has 2 rings (SSSR count). The third kappa shape index (κ3) is 2.48. The smallest absolute Gasteiger partial charge is 0.219 e. The fourth-order valence-electron chi connectivity index (χ4n) is 1.23. The number of anilines is 1. The first kappa shape index (κ1) is 10.4. The van der Waals surface area contributed by atoms with Gasteiger partial charge in [-0.3, -0.25) is 0 Å². The molecule has 0 aliphatic heterocycles. The lowest BCUT2D eigenvalue weighted by Gasteiger charge is -2.05. The molecule has 0 aliphatic carbocycles. The third-order valence-electron chi connectivity index (χ3n) is 2.07. The van der Waals surface area contributed by atoms with Crippen LogP contribution in [0.5, 0.6) is 11.6 Å². The zero-order valence-electron chi connectivity index (χ0n) is 8.77. The highest BCUT2D eigenvalue weighted by molar-refractivity contribution is 5.46. The zero-order chi connectivity index (χ0) is 11.4. The van der Waals surface area contributed by atoms with Gasteiger partial charge in [0.2, 0.25) is 5.88 Å². The van der Waals surface area contributed by atoms with Gasteiger partial charge in [0.15, 0.2) is 0 Å². The highest BCUT2D eigenvalue weighted by Crippen LogP contribution is 2.20. The molecule has 0 saturated heterocycles. The molecule has 0 amide bonds.